The second-order valence-corrected chi connectivity index (χ2v) is 6.23. The lowest BCUT2D eigenvalue weighted by Crippen LogP contribution is -2.32. The minimum Gasteiger partial charge on any atom is -0.507 e. The number of likely N-dealkylation sites (tertiary alicyclic amines) is 1. The van der Waals surface area contributed by atoms with Gasteiger partial charge in [0.15, 0.2) is 0 Å². The van der Waals surface area contributed by atoms with Crippen LogP contribution in [0.3, 0.4) is 0 Å². The molecule has 0 aliphatic carbocycles. The highest BCUT2D eigenvalue weighted by Crippen LogP contribution is 2.39. The molecule has 0 aromatic heterocycles. The predicted octanol–water partition coefficient (Wildman–Crippen LogP) is 2.64. The standard InChI is InChI=1S/C21H20FNO5/c1-2-28-16-9-5-14(6-10-16)19(25)17-18(13-3-7-15(22)8-4-13)23(11-12-24)21(27)20(17)26/h3-10,18,24-25H,2,11-12H2,1H3/b19-17-. The number of carbonyl (C=O) groups excluding carboxylic acids is 2. The first-order valence-electron chi connectivity index (χ1n) is 8.86. The molecule has 2 aromatic rings. The van der Waals surface area contributed by atoms with Crippen LogP contribution in [0.4, 0.5) is 4.39 Å². The fraction of sp³-hybridized carbons (Fsp3) is 0.238. The Balaban J connectivity index is 2.10. The van der Waals surface area contributed by atoms with Gasteiger partial charge in [-0.1, -0.05) is 12.1 Å². The second kappa shape index (κ2) is 8.22. The summed E-state index contributed by atoms with van der Waals surface area (Å²) in [5.74, 6) is -1.87. The van der Waals surface area contributed by atoms with Crippen LogP contribution in [0.2, 0.25) is 0 Å². The third kappa shape index (κ3) is 3.61. The molecule has 2 aromatic carbocycles. The van der Waals surface area contributed by atoms with Crippen molar-refractivity contribution in [2.24, 2.45) is 0 Å². The first-order chi connectivity index (χ1) is 13.5. The first kappa shape index (κ1) is 19.6. The number of ether oxygens (including phenoxy) is 1. The molecule has 1 aliphatic rings. The average molecular weight is 385 g/mol. The van der Waals surface area contributed by atoms with Crippen molar-refractivity contribution in [3.8, 4) is 5.75 Å². The number of β-amino-alcohol motifs (C(OH)–C–C–N with tert-alkyl or cyclic N) is 1. The van der Waals surface area contributed by atoms with Crippen LogP contribution in [0, 0.1) is 5.82 Å². The molecule has 146 valence electrons. The molecule has 1 unspecified atom stereocenters. The summed E-state index contributed by atoms with van der Waals surface area (Å²) < 4.78 is 18.7. The summed E-state index contributed by atoms with van der Waals surface area (Å²) in [5, 5.41) is 20.1. The zero-order valence-electron chi connectivity index (χ0n) is 15.3. The van der Waals surface area contributed by atoms with Gasteiger partial charge in [-0.15, -0.1) is 0 Å². The third-order valence-corrected chi connectivity index (χ3v) is 4.51. The van der Waals surface area contributed by atoms with Gasteiger partial charge >= 0.3 is 0 Å². The average Bonchev–Trinajstić information content (AvgIpc) is 2.94. The highest BCUT2D eigenvalue weighted by Gasteiger charge is 2.45. The van der Waals surface area contributed by atoms with E-state index in [9.17, 15) is 24.2 Å². The molecular formula is C21H20FNO5. The number of amides is 1. The molecule has 1 saturated heterocycles. The molecule has 1 atom stereocenters. The normalized spacial score (nSPS) is 18.5. The van der Waals surface area contributed by atoms with Crippen LogP contribution in [-0.4, -0.2) is 46.6 Å². The quantitative estimate of drug-likeness (QED) is 0.454. The van der Waals surface area contributed by atoms with Crippen LogP contribution in [0.15, 0.2) is 54.1 Å². The molecule has 0 saturated carbocycles. The van der Waals surface area contributed by atoms with Crippen molar-refractivity contribution >= 4 is 17.4 Å². The smallest absolute Gasteiger partial charge is 0.295 e. The molecule has 0 spiro atoms. The summed E-state index contributed by atoms with van der Waals surface area (Å²) in [5.41, 5.74) is 0.702. The fourth-order valence-electron chi connectivity index (χ4n) is 3.24. The fourth-order valence-corrected chi connectivity index (χ4v) is 3.24. The van der Waals surface area contributed by atoms with E-state index < -0.39 is 23.5 Å². The summed E-state index contributed by atoms with van der Waals surface area (Å²) in [6.45, 7) is 1.89. The lowest BCUT2D eigenvalue weighted by Gasteiger charge is -2.24. The Hall–Kier alpha value is -3.19. The maximum absolute atomic E-state index is 13.3. The summed E-state index contributed by atoms with van der Waals surface area (Å²) >= 11 is 0. The Morgan fingerprint density at radius 1 is 1.11 bits per heavy atom. The third-order valence-electron chi connectivity index (χ3n) is 4.51. The SMILES string of the molecule is CCOc1ccc(/C(O)=C2/C(=O)C(=O)N(CCO)C2c2ccc(F)cc2)cc1. The molecule has 0 radical (unpaired) electrons. The lowest BCUT2D eigenvalue weighted by molar-refractivity contribution is -0.140. The lowest BCUT2D eigenvalue weighted by atomic mass is 9.95. The molecule has 1 amide bonds. The highest BCUT2D eigenvalue weighted by molar-refractivity contribution is 6.46. The number of benzene rings is 2. The maximum atomic E-state index is 13.3. The molecule has 1 heterocycles. The van der Waals surface area contributed by atoms with Gasteiger partial charge in [0, 0.05) is 12.1 Å². The van der Waals surface area contributed by atoms with E-state index in [1.54, 1.807) is 24.3 Å². The maximum Gasteiger partial charge on any atom is 0.295 e. The molecule has 1 aliphatic heterocycles. The van der Waals surface area contributed by atoms with Crippen molar-refractivity contribution in [1.29, 1.82) is 0 Å². The number of Topliss-reactive ketones (excluding diaryl/α,β-unsaturated/α-hetero) is 1. The molecule has 2 N–H and O–H groups in total. The van der Waals surface area contributed by atoms with E-state index in [0.29, 0.717) is 23.5 Å². The van der Waals surface area contributed by atoms with Gasteiger partial charge < -0.3 is 19.8 Å². The number of nitrogens with zero attached hydrogens (tertiary/aromatic N) is 1. The minimum atomic E-state index is -0.917. The zero-order valence-corrected chi connectivity index (χ0v) is 15.3. The van der Waals surface area contributed by atoms with Crippen molar-refractivity contribution < 1.29 is 28.9 Å². The summed E-state index contributed by atoms with van der Waals surface area (Å²) in [7, 11) is 0. The monoisotopic (exact) mass is 385 g/mol. The molecule has 28 heavy (non-hydrogen) atoms. The van der Waals surface area contributed by atoms with E-state index in [4.69, 9.17) is 4.74 Å². The van der Waals surface area contributed by atoms with Gasteiger partial charge in [0.2, 0.25) is 0 Å². The first-order valence-corrected chi connectivity index (χ1v) is 8.86. The van der Waals surface area contributed by atoms with Crippen molar-refractivity contribution in [2.75, 3.05) is 19.8 Å². The van der Waals surface area contributed by atoms with Crippen molar-refractivity contribution in [2.45, 2.75) is 13.0 Å². The van der Waals surface area contributed by atoms with Crippen LogP contribution >= 0.6 is 0 Å². The van der Waals surface area contributed by atoms with Gasteiger partial charge in [-0.05, 0) is 48.9 Å². The van der Waals surface area contributed by atoms with Gasteiger partial charge in [0.1, 0.15) is 17.3 Å². The molecule has 7 heteroatoms. The number of hydrogen-bond donors (Lipinski definition) is 2. The number of halogens is 1. The highest BCUT2D eigenvalue weighted by atomic mass is 19.1. The van der Waals surface area contributed by atoms with Gasteiger partial charge in [-0.25, -0.2) is 4.39 Å². The minimum absolute atomic E-state index is 0.0906. The zero-order chi connectivity index (χ0) is 20.3. The molecule has 1 fully saturated rings. The molecule has 3 rings (SSSR count). The van der Waals surface area contributed by atoms with Crippen LogP contribution in [0.5, 0.6) is 5.75 Å². The summed E-state index contributed by atoms with van der Waals surface area (Å²) in [6, 6.07) is 10.9. The van der Waals surface area contributed by atoms with E-state index in [1.165, 1.54) is 29.2 Å². The van der Waals surface area contributed by atoms with Crippen molar-refractivity contribution in [1.82, 2.24) is 4.90 Å². The summed E-state index contributed by atoms with van der Waals surface area (Å²) in [4.78, 5) is 26.3. The number of aliphatic hydroxyl groups excluding tert-OH is 2. The Bertz CT molecular complexity index is 905. The Kier molecular flexibility index (Phi) is 5.75. The van der Waals surface area contributed by atoms with Crippen molar-refractivity contribution in [3.05, 3.63) is 71.0 Å². The van der Waals surface area contributed by atoms with Gasteiger partial charge in [-0.2, -0.15) is 0 Å². The van der Waals surface area contributed by atoms with Gasteiger partial charge in [-0.3, -0.25) is 9.59 Å². The van der Waals surface area contributed by atoms with Gasteiger partial charge in [0.05, 0.1) is 24.8 Å². The Morgan fingerprint density at radius 2 is 1.75 bits per heavy atom. The van der Waals surface area contributed by atoms with Gasteiger partial charge in [0.25, 0.3) is 11.7 Å². The summed E-state index contributed by atoms with van der Waals surface area (Å²) in [6.07, 6.45) is 0. The number of hydrogen-bond acceptors (Lipinski definition) is 5. The number of aliphatic hydroxyl groups is 2. The van der Waals surface area contributed by atoms with E-state index in [1.807, 2.05) is 6.92 Å². The van der Waals surface area contributed by atoms with Crippen LogP contribution in [0.25, 0.3) is 5.76 Å². The molecule has 0 bridgehead atoms. The van der Waals surface area contributed by atoms with Crippen LogP contribution in [0.1, 0.15) is 24.1 Å². The topological polar surface area (TPSA) is 87.1 Å². The van der Waals surface area contributed by atoms with Crippen molar-refractivity contribution in [3.63, 3.8) is 0 Å². The largest absolute Gasteiger partial charge is 0.507 e. The van der Waals surface area contributed by atoms with Crippen LogP contribution in [-0.2, 0) is 9.59 Å². The Morgan fingerprint density at radius 3 is 2.32 bits per heavy atom. The second-order valence-electron chi connectivity index (χ2n) is 6.23. The van der Waals surface area contributed by atoms with E-state index in [0.717, 1.165) is 0 Å². The predicted molar refractivity (Wildman–Crippen MR) is 100 cm³/mol. The molecular weight excluding hydrogens is 365 g/mol. The Labute approximate surface area is 161 Å². The van der Waals surface area contributed by atoms with Crippen LogP contribution < -0.4 is 4.74 Å². The van der Waals surface area contributed by atoms with E-state index in [2.05, 4.69) is 0 Å². The van der Waals surface area contributed by atoms with E-state index >= 15 is 0 Å². The number of ketones is 1. The number of carbonyl (C=O) groups is 2. The molecule has 6 nitrogen and oxygen atoms in total. The van der Waals surface area contributed by atoms with E-state index in [-0.39, 0.29) is 24.5 Å². The number of rotatable bonds is 6.